The van der Waals surface area contributed by atoms with Crippen molar-refractivity contribution in [1.29, 1.82) is 0 Å². The van der Waals surface area contributed by atoms with Crippen LogP contribution in [0.2, 0.25) is 0 Å². The van der Waals surface area contributed by atoms with E-state index in [4.69, 9.17) is 5.11 Å². The van der Waals surface area contributed by atoms with E-state index in [-0.39, 0.29) is 5.88 Å². The van der Waals surface area contributed by atoms with Crippen molar-refractivity contribution < 1.29 is 5.11 Å². The maximum Gasteiger partial charge on any atom is 0.221 e. The Morgan fingerprint density at radius 2 is 2.57 bits per heavy atom. The average Bonchev–Trinajstić information content (AvgIpc) is 1.91. The smallest absolute Gasteiger partial charge is 0.221 e. The van der Waals surface area contributed by atoms with Crippen LogP contribution in [0.15, 0.2) is 12.5 Å². The molecule has 0 aromatic carbocycles. The summed E-state index contributed by atoms with van der Waals surface area (Å²) in [4.78, 5) is 3.59. The highest BCUT2D eigenvalue weighted by Gasteiger charge is 1.89. The van der Waals surface area contributed by atoms with Crippen molar-refractivity contribution in [2.75, 3.05) is 0 Å². The normalized spacial score (nSPS) is 9.29. The van der Waals surface area contributed by atoms with Crippen molar-refractivity contribution in [3.05, 3.63) is 12.5 Å². The van der Waals surface area contributed by atoms with Crippen LogP contribution in [0.4, 0.5) is 0 Å². The fourth-order valence-electron chi connectivity index (χ4n) is 0.273. The van der Waals surface area contributed by atoms with E-state index in [1.54, 1.807) is 0 Å². The van der Waals surface area contributed by atoms with E-state index >= 15 is 0 Å². The number of halogens is 1. The molecular weight excluding hydrogens is 160 g/mol. The highest BCUT2D eigenvalue weighted by molar-refractivity contribution is 9.08. The van der Waals surface area contributed by atoms with Crippen molar-refractivity contribution in [3.8, 4) is 5.88 Å². The second-order valence-corrected chi connectivity index (χ2v) is 1.83. The standard InChI is InChI=1S/C3H3BrN2O/c4-6-2-5-1-3(6)7/h1-2,7H. The van der Waals surface area contributed by atoms with Crippen LogP contribution in [0, 0.1) is 0 Å². The summed E-state index contributed by atoms with van der Waals surface area (Å²) in [6.07, 6.45) is 2.80. The minimum atomic E-state index is 0.111. The van der Waals surface area contributed by atoms with Crippen LogP contribution in [-0.2, 0) is 0 Å². The summed E-state index contributed by atoms with van der Waals surface area (Å²) < 4.78 is 1.34. The molecule has 38 valence electrons. The van der Waals surface area contributed by atoms with E-state index in [2.05, 4.69) is 21.1 Å². The van der Waals surface area contributed by atoms with E-state index in [0.717, 1.165) is 0 Å². The number of aromatic nitrogens is 2. The van der Waals surface area contributed by atoms with E-state index in [9.17, 15) is 0 Å². The molecule has 0 aliphatic carbocycles. The van der Waals surface area contributed by atoms with Gasteiger partial charge < -0.3 is 5.11 Å². The van der Waals surface area contributed by atoms with Crippen LogP contribution in [0.25, 0.3) is 0 Å². The minimum absolute atomic E-state index is 0.111. The highest BCUT2D eigenvalue weighted by atomic mass is 79.9. The summed E-state index contributed by atoms with van der Waals surface area (Å²) in [5.74, 6) is 0.111. The van der Waals surface area contributed by atoms with Gasteiger partial charge in [-0.3, -0.25) is 0 Å². The molecule has 0 aliphatic rings. The topological polar surface area (TPSA) is 38.1 Å². The summed E-state index contributed by atoms with van der Waals surface area (Å²) in [7, 11) is 0. The first kappa shape index (κ1) is 4.64. The van der Waals surface area contributed by atoms with Crippen molar-refractivity contribution in [1.82, 2.24) is 8.58 Å². The number of hydrogen-bond donors (Lipinski definition) is 1. The van der Waals surface area contributed by atoms with Gasteiger partial charge in [0.25, 0.3) is 0 Å². The lowest BCUT2D eigenvalue weighted by molar-refractivity contribution is 0.452. The van der Waals surface area contributed by atoms with Gasteiger partial charge in [0.2, 0.25) is 5.88 Å². The van der Waals surface area contributed by atoms with Crippen LogP contribution in [0.3, 0.4) is 0 Å². The number of rotatable bonds is 0. The third kappa shape index (κ3) is 0.742. The Kier molecular flexibility index (Phi) is 1.02. The Morgan fingerprint density at radius 1 is 1.86 bits per heavy atom. The zero-order valence-electron chi connectivity index (χ0n) is 3.37. The van der Waals surface area contributed by atoms with Gasteiger partial charge >= 0.3 is 0 Å². The van der Waals surface area contributed by atoms with Crippen LogP contribution >= 0.6 is 16.1 Å². The zero-order valence-corrected chi connectivity index (χ0v) is 4.96. The largest absolute Gasteiger partial charge is 0.493 e. The molecule has 3 nitrogen and oxygen atoms in total. The van der Waals surface area contributed by atoms with Gasteiger partial charge in [-0.25, -0.2) is 8.58 Å². The molecular formula is C3H3BrN2O. The molecule has 0 amide bonds. The zero-order chi connectivity index (χ0) is 5.28. The number of nitrogens with zero attached hydrogens (tertiary/aromatic N) is 2. The summed E-state index contributed by atoms with van der Waals surface area (Å²) in [5.41, 5.74) is 0. The van der Waals surface area contributed by atoms with Gasteiger partial charge in [0.15, 0.2) is 0 Å². The van der Waals surface area contributed by atoms with E-state index in [0.29, 0.717) is 0 Å². The monoisotopic (exact) mass is 162 g/mol. The lowest BCUT2D eigenvalue weighted by Crippen LogP contribution is -1.68. The first-order chi connectivity index (χ1) is 3.30. The maximum absolute atomic E-state index is 8.61. The van der Waals surface area contributed by atoms with Crippen molar-refractivity contribution in [2.45, 2.75) is 0 Å². The predicted molar refractivity (Wildman–Crippen MR) is 28.2 cm³/mol. The quantitative estimate of drug-likeness (QED) is 0.612. The summed E-state index contributed by atoms with van der Waals surface area (Å²) in [6.45, 7) is 0. The van der Waals surface area contributed by atoms with Crippen LogP contribution < -0.4 is 0 Å². The van der Waals surface area contributed by atoms with E-state index in [1.165, 1.54) is 16.1 Å². The van der Waals surface area contributed by atoms with Crippen LogP contribution in [-0.4, -0.2) is 13.7 Å². The molecule has 0 atom stereocenters. The van der Waals surface area contributed by atoms with Gasteiger partial charge in [0.05, 0.1) is 22.3 Å². The lowest BCUT2D eigenvalue weighted by Gasteiger charge is -1.82. The first-order valence-electron chi connectivity index (χ1n) is 1.68. The molecule has 4 heteroatoms. The Bertz CT molecular complexity index is 145. The van der Waals surface area contributed by atoms with Crippen molar-refractivity contribution in [2.24, 2.45) is 0 Å². The Labute approximate surface area is 48.9 Å². The average molecular weight is 163 g/mol. The van der Waals surface area contributed by atoms with Crippen molar-refractivity contribution >= 4 is 16.1 Å². The molecule has 0 saturated carbocycles. The van der Waals surface area contributed by atoms with E-state index < -0.39 is 0 Å². The Morgan fingerprint density at radius 3 is 2.71 bits per heavy atom. The molecule has 7 heavy (non-hydrogen) atoms. The summed E-state index contributed by atoms with van der Waals surface area (Å²) >= 11 is 2.97. The number of imidazole rings is 1. The molecule has 1 N–H and O–H groups in total. The maximum atomic E-state index is 8.61. The van der Waals surface area contributed by atoms with Gasteiger partial charge in [-0.1, -0.05) is 0 Å². The third-order valence-corrected chi connectivity index (χ3v) is 1.12. The number of hydrogen-bond acceptors (Lipinski definition) is 2. The fraction of sp³-hybridized carbons (Fsp3) is 0. The molecule has 0 radical (unpaired) electrons. The van der Waals surface area contributed by atoms with Crippen LogP contribution in [0.1, 0.15) is 0 Å². The molecule has 0 saturated heterocycles. The van der Waals surface area contributed by atoms with Crippen molar-refractivity contribution in [3.63, 3.8) is 0 Å². The predicted octanol–water partition coefficient (Wildman–Crippen LogP) is 0.747. The van der Waals surface area contributed by atoms with E-state index in [1.807, 2.05) is 0 Å². The molecule has 1 rings (SSSR count). The molecule has 0 bridgehead atoms. The molecule has 0 fully saturated rings. The third-order valence-electron chi connectivity index (χ3n) is 0.577. The molecule has 0 aliphatic heterocycles. The van der Waals surface area contributed by atoms with Gasteiger partial charge in [-0.05, 0) is 0 Å². The minimum Gasteiger partial charge on any atom is -0.493 e. The Hall–Kier alpha value is -0.510. The van der Waals surface area contributed by atoms with Gasteiger partial charge in [-0.15, -0.1) is 0 Å². The highest BCUT2D eigenvalue weighted by Crippen LogP contribution is 2.07. The molecule has 0 spiro atoms. The SMILES string of the molecule is Oc1cncn1Br. The van der Waals surface area contributed by atoms with Gasteiger partial charge in [0.1, 0.15) is 6.33 Å². The molecule has 1 aromatic heterocycles. The fourth-order valence-corrected chi connectivity index (χ4v) is 0.470. The van der Waals surface area contributed by atoms with Gasteiger partial charge in [0, 0.05) is 0 Å². The Balaban J connectivity index is 3.12. The first-order valence-corrected chi connectivity index (χ1v) is 2.39. The molecule has 0 unspecified atom stereocenters. The van der Waals surface area contributed by atoms with Gasteiger partial charge in [-0.2, -0.15) is 0 Å². The lowest BCUT2D eigenvalue weighted by atomic mass is 10.9. The second kappa shape index (κ2) is 1.54. The molecule has 1 heterocycles. The summed E-state index contributed by atoms with van der Waals surface area (Å²) in [5, 5.41) is 8.61. The van der Waals surface area contributed by atoms with Crippen LogP contribution in [0.5, 0.6) is 5.88 Å². The molecule has 1 aromatic rings. The summed E-state index contributed by atoms with van der Waals surface area (Å²) in [6, 6.07) is 0. The number of aromatic hydroxyl groups is 1. The second-order valence-electron chi connectivity index (χ2n) is 1.06.